The molecule has 1 N–H and O–H groups in total. The van der Waals surface area contributed by atoms with Gasteiger partial charge in [-0.2, -0.15) is 13.2 Å². The van der Waals surface area contributed by atoms with Crippen LogP contribution in [0.4, 0.5) is 13.2 Å². The number of thioether (sulfide) groups is 1. The van der Waals surface area contributed by atoms with E-state index in [1.807, 2.05) is 48.7 Å². The Balaban J connectivity index is 1.56. The lowest BCUT2D eigenvalue weighted by Gasteiger charge is -2.38. The van der Waals surface area contributed by atoms with Crippen LogP contribution in [0.2, 0.25) is 0 Å². The second-order valence-corrected chi connectivity index (χ2v) is 9.41. The van der Waals surface area contributed by atoms with Gasteiger partial charge in [0.25, 0.3) is 0 Å². The van der Waals surface area contributed by atoms with Gasteiger partial charge in [-0.3, -0.25) is 0 Å². The van der Waals surface area contributed by atoms with Crippen molar-refractivity contribution in [3.63, 3.8) is 0 Å². The number of piperidine rings is 1. The lowest BCUT2D eigenvalue weighted by molar-refractivity contribution is -0.137. The van der Waals surface area contributed by atoms with Gasteiger partial charge in [-0.25, -0.2) is 0 Å². The summed E-state index contributed by atoms with van der Waals surface area (Å²) in [6.45, 7) is 2.42. The maximum absolute atomic E-state index is 13.6. The normalized spacial score (nSPS) is 16.0. The molecule has 0 bridgehead atoms. The van der Waals surface area contributed by atoms with Crippen LogP contribution in [-0.4, -0.2) is 26.0 Å². The minimum absolute atomic E-state index is 0.120. The Hall–Kier alpha value is -2.28. The van der Waals surface area contributed by atoms with Crippen molar-refractivity contribution in [2.75, 3.05) is 26.0 Å². The third-order valence-corrected chi connectivity index (χ3v) is 7.08. The summed E-state index contributed by atoms with van der Waals surface area (Å²) in [7, 11) is 0. The molecule has 0 aliphatic carbocycles. The largest absolute Gasteiger partial charge is 0.416 e. The summed E-state index contributed by atoms with van der Waals surface area (Å²) in [5, 5.41) is 3.39. The zero-order chi connectivity index (χ0) is 23.3. The fourth-order valence-corrected chi connectivity index (χ4v) is 4.88. The van der Waals surface area contributed by atoms with Gasteiger partial charge in [0.2, 0.25) is 0 Å². The first-order valence-electron chi connectivity index (χ1n) is 11.1. The first-order chi connectivity index (χ1) is 15.9. The van der Waals surface area contributed by atoms with Gasteiger partial charge in [-0.1, -0.05) is 42.5 Å². The van der Waals surface area contributed by atoms with Crippen molar-refractivity contribution in [3.05, 3.63) is 89.5 Å². The van der Waals surface area contributed by atoms with Crippen LogP contribution >= 0.6 is 11.8 Å². The van der Waals surface area contributed by atoms with Crippen LogP contribution in [0.25, 0.3) is 11.1 Å². The van der Waals surface area contributed by atoms with Crippen molar-refractivity contribution < 1.29 is 17.9 Å². The SMILES string of the molecule is CSc1ccc(-c2cc(COCC3(c4ccccc4)CCNCC3)cc(C(F)(F)F)c2)cc1. The topological polar surface area (TPSA) is 21.3 Å². The van der Waals surface area contributed by atoms with Crippen molar-refractivity contribution in [2.45, 2.75) is 35.9 Å². The predicted octanol–water partition coefficient (Wildman–Crippen LogP) is 6.93. The van der Waals surface area contributed by atoms with Gasteiger partial charge in [0.1, 0.15) is 0 Å². The standard InChI is InChI=1S/C27H28F3NOS/c1-33-25-9-7-21(8-10-25)22-15-20(16-24(17-22)27(28,29)30)18-32-19-26(11-13-31-14-12-26)23-5-3-2-4-6-23/h2-10,15-17,31H,11-14,18-19H2,1H3. The minimum Gasteiger partial charge on any atom is -0.376 e. The van der Waals surface area contributed by atoms with E-state index < -0.39 is 11.7 Å². The molecular formula is C27H28F3NOS. The molecular weight excluding hydrogens is 443 g/mol. The molecule has 0 radical (unpaired) electrons. The van der Waals surface area contributed by atoms with E-state index in [2.05, 4.69) is 17.4 Å². The highest BCUT2D eigenvalue weighted by Crippen LogP contribution is 2.36. The van der Waals surface area contributed by atoms with Gasteiger partial charge < -0.3 is 10.1 Å². The van der Waals surface area contributed by atoms with Crippen LogP contribution in [0.3, 0.4) is 0 Å². The molecule has 4 rings (SSSR count). The first kappa shape index (κ1) is 23.9. The van der Waals surface area contributed by atoms with Crippen molar-refractivity contribution in [2.24, 2.45) is 0 Å². The molecule has 6 heteroatoms. The molecule has 174 valence electrons. The van der Waals surface area contributed by atoms with E-state index in [0.29, 0.717) is 17.7 Å². The predicted molar refractivity (Wildman–Crippen MR) is 129 cm³/mol. The van der Waals surface area contributed by atoms with Crippen molar-refractivity contribution in [1.29, 1.82) is 0 Å². The summed E-state index contributed by atoms with van der Waals surface area (Å²) in [5.74, 6) is 0. The van der Waals surface area contributed by atoms with E-state index in [1.54, 1.807) is 17.8 Å². The van der Waals surface area contributed by atoms with Gasteiger partial charge >= 0.3 is 6.18 Å². The molecule has 0 unspecified atom stereocenters. The highest BCUT2D eigenvalue weighted by Gasteiger charge is 2.34. The average molecular weight is 472 g/mol. The molecule has 1 fully saturated rings. The molecule has 1 heterocycles. The summed E-state index contributed by atoms with van der Waals surface area (Å²) >= 11 is 1.60. The molecule has 0 atom stereocenters. The van der Waals surface area contributed by atoms with Crippen LogP contribution in [0.5, 0.6) is 0 Å². The Morgan fingerprint density at radius 3 is 2.24 bits per heavy atom. The van der Waals surface area contributed by atoms with E-state index >= 15 is 0 Å². The zero-order valence-corrected chi connectivity index (χ0v) is 19.4. The van der Waals surface area contributed by atoms with Gasteiger partial charge in [0.05, 0.1) is 18.8 Å². The summed E-state index contributed by atoms with van der Waals surface area (Å²) in [5.41, 5.74) is 2.31. The Bertz CT molecular complexity index is 1050. The molecule has 0 spiro atoms. The first-order valence-corrected chi connectivity index (χ1v) is 12.3. The lowest BCUT2D eigenvalue weighted by Crippen LogP contribution is -2.43. The third kappa shape index (κ3) is 5.81. The molecule has 1 aliphatic rings. The van der Waals surface area contributed by atoms with Gasteiger partial charge in [0, 0.05) is 10.3 Å². The summed E-state index contributed by atoms with van der Waals surface area (Å²) < 4.78 is 47.0. The number of alkyl halides is 3. The number of benzene rings is 3. The number of halogens is 3. The summed E-state index contributed by atoms with van der Waals surface area (Å²) in [6, 6.07) is 22.1. The molecule has 0 amide bonds. The Labute approximate surface area is 197 Å². The second-order valence-electron chi connectivity index (χ2n) is 8.53. The summed E-state index contributed by atoms with van der Waals surface area (Å²) in [6.07, 6.45) is -0.567. The maximum Gasteiger partial charge on any atom is 0.416 e. The van der Waals surface area contributed by atoms with Crippen LogP contribution in [0.1, 0.15) is 29.5 Å². The molecule has 3 aromatic carbocycles. The Morgan fingerprint density at radius 1 is 0.909 bits per heavy atom. The molecule has 2 nitrogen and oxygen atoms in total. The van der Waals surface area contributed by atoms with E-state index in [4.69, 9.17) is 4.74 Å². The van der Waals surface area contributed by atoms with Gasteiger partial charge in [-0.15, -0.1) is 11.8 Å². The Kier molecular flexibility index (Phi) is 7.47. The highest BCUT2D eigenvalue weighted by atomic mass is 32.2. The maximum atomic E-state index is 13.6. The van der Waals surface area contributed by atoms with E-state index in [9.17, 15) is 13.2 Å². The van der Waals surface area contributed by atoms with Gasteiger partial charge in [0.15, 0.2) is 0 Å². The fourth-order valence-electron chi connectivity index (χ4n) is 4.47. The Morgan fingerprint density at radius 2 is 1.61 bits per heavy atom. The molecule has 0 aromatic heterocycles. The zero-order valence-electron chi connectivity index (χ0n) is 18.6. The smallest absolute Gasteiger partial charge is 0.376 e. The average Bonchev–Trinajstić information content (AvgIpc) is 2.84. The second kappa shape index (κ2) is 10.3. The number of rotatable bonds is 7. The monoisotopic (exact) mass is 471 g/mol. The van der Waals surface area contributed by atoms with Crippen molar-refractivity contribution in [1.82, 2.24) is 5.32 Å². The highest BCUT2D eigenvalue weighted by molar-refractivity contribution is 7.98. The fraction of sp³-hybridized carbons (Fsp3) is 0.333. The molecule has 3 aromatic rings. The number of ether oxygens (including phenoxy) is 1. The number of nitrogens with one attached hydrogen (secondary N) is 1. The van der Waals surface area contributed by atoms with Crippen molar-refractivity contribution in [3.8, 4) is 11.1 Å². The lowest BCUT2D eigenvalue weighted by atomic mass is 9.74. The van der Waals surface area contributed by atoms with Gasteiger partial charge in [-0.05, 0) is 84.8 Å². The van der Waals surface area contributed by atoms with E-state index in [1.165, 1.54) is 17.7 Å². The number of hydrogen-bond acceptors (Lipinski definition) is 3. The van der Waals surface area contributed by atoms with Crippen LogP contribution in [0.15, 0.2) is 77.7 Å². The van der Waals surface area contributed by atoms with Crippen LogP contribution in [0, 0.1) is 0 Å². The molecule has 1 aliphatic heterocycles. The summed E-state index contributed by atoms with van der Waals surface area (Å²) in [4.78, 5) is 1.07. The quantitative estimate of drug-likeness (QED) is 0.378. The van der Waals surface area contributed by atoms with Crippen molar-refractivity contribution >= 4 is 11.8 Å². The molecule has 0 saturated carbocycles. The molecule has 1 saturated heterocycles. The number of hydrogen-bond donors (Lipinski definition) is 1. The van der Waals surface area contributed by atoms with Crippen LogP contribution < -0.4 is 5.32 Å². The van der Waals surface area contributed by atoms with E-state index in [0.717, 1.165) is 36.4 Å². The molecule has 33 heavy (non-hydrogen) atoms. The van der Waals surface area contributed by atoms with E-state index in [-0.39, 0.29) is 12.0 Å². The van der Waals surface area contributed by atoms with Crippen LogP contribution in [-0.2, 0) is 22.9 Å². The third-order valence-electron chi connectivity index (χ3n) is 6.34. The minimum atomic E-state index is -4.41.